The van der Waals surface area contributed by atoms with Gasteiger partial charge < -0.3 is 14.7 Å². The first kappa shape index (κ1) is 16.8. The topological polar surface area (TPSA) is 83.9 Å². The molecule has 0 aromatic heterocycles. The molecule has 1 fully saturated rings. The Morgan fingerprint density at radius 1 is 1.40 bits per heavy atom. The van der Waals surface area contributed by atoms with E-state index < -0.39 is 23.4 Å². The number of hydrogen-bond acceptors (Lipinski definition) is 5. The summed E-state index contributed by atoms with van der Waals surface area (Å²) in [7, 11) is 0. The lowest BCUT2D eigenvalue weighted by molar-refractivity contribution is -0.157. The number of nitrogens with zero attached hydrogens (tertiary/aromatic N) is 1. The molecule has 1 saturated heterocycles. The number of aliphatic carboxylic acids is 1. The molecule has 1 rings (SSSR count). The van der Waals surface area contributed by atoms with Crippen molar-refractivity contribution in [3.63, 3.8) is 0 Å². The number of carbonyl (C=O) groups is 3. The van der Waals surface area contributed by atoms with Crippen molar-refractivity contribution in [2.45, 2.75) is 33.2 Å². The average molecular weight is 303 g/mol. The summed E-state index contributed by atoms with van der Waals surface area (Å²) in [4.78, 5) is 36.7. The third-order valence-corrected chi connectivity index (χ3v) is 4.20. The first-order valence-corrected chi connectivity index (χ1v) is 7.72. The lowest BCUT2D eigenvalue weighted by Gasteiger charge is -2.35. The summed E-state index contributed by atoms with van der Waals surface area (Å²) in [5.41, 5.74) is -1.14. The second-order valence-corrected chi connectivity index (χ2v) is 6.45. The maximum atomic E-state index is 12.3. The van der Waals surface area contributed by atoms with Gasteiger partial charge in [-0.3, -0.25) is 9.59 Å². The molecule has 1 atom stereocenters. The minimum atomic E-state index is -1.14. The van der Waals surface area contributed by atoms with Crippen molar-refractivity contribution < 1.29 is 24.2 Å². The van der Waals surface area contributed by atoms with Gasteiger partial charge in [0.15, 0.2) is 0 Å². The zero-order valence-corrected chi connectivity index (χ0v) is 12.9. The van der Waals surface area contributed by atoms with Gasteiger partial charge in [-0.05, 0) is 20.8 Å². The van der Waals surface area contributed by atoms with Crippen LogP contribution in [0.1, 0.15) is 27.2 Å². The summed E-state index contributed by atoms with van der Waals surface area (Å²) in [6.45, 7) is 5.44. The van der Waals surface area contributed by atoms with Gasteiger partial charge in [0, 0.05) is 24.5 Å². The van der Waals surface area contributed by atoms with E-state index >= 15 is 0 Å². The summed E-state index contributed by atoms with van der Waals surface area (Å²) in [6, 6.07) is -0.606. The summed E-state index contributed by atoms with van der Waals surface area (Å²) in [6.07, 6.45) is -0.122. The summed E-state index contributed by atoms with van der Waals surface area (Å²) in [5, 5.41) is 9.08. The molecule has 1 unspecified atom stereocenters. The molecule has 1 aliphatic rings. The predicted octanol–water partition coefficient (Wildman–Crippen LogP) is 0.994. The molecule has 114 valence electrons. The molecule has 1 N–H and O–H groups in total. The zero-order chi connectivity index (χ0) is 15.3. The van der Waals surface area contributed by atoms with E-state index in [0.717, 1.165) is 5.75 Å². The van der Waals surface area contributed by atoms with Crippen LogP contribution in [-0.2, 0) is 19.1 Å². The van der Waals surface area contributed by atoms with Crippen LogP contribution in [0.5, 0.6) is 0 Å². The number of ether oxygens (including phenoxy) is 1. The van der Waals surface area contributed by atoms with Crippen LogP contribution in [0.3, 0.4) is 0 Å². The summed E-state index contributed by atoms with van der Waals surface area (Å²) in [5.74, 6) is -0.505. The van der Waals surface area contributed by atoms with Gasteiger partial charge in [-0.2, -0.15) is 11.8 Å². The molecule has 0 saturated carbocycles. The Hall–Kier alpha value is -1.24. The lowest BCUT2D eigenvalue weighted by atomic mass is 9.89. The van der Waals surface area contributed by atoms with Crippen molar-refractivity contribution in [3.8, 4) is 0 Å². The number of thioether (sulfide) groups is 1. The van der Waals surface area contributed by atoms with Gasteiger partial charge in [0.2, 0.25) is 5.91 Å². The molecule has 1 heterocycles. The van der Waals surface area contributed by atoms with Crippen molar-refractivity contribution in [2.75, 3.05) is 24.7 Å². The number of rotatable bonds is 5. The van der Waals surface area contributed by atoms with Crippen molar-refractivity contribution in [2.24, 2.45) is 5.41 Å². The van der Waals surface area contributed by atoms with Crippen LogP contribution in [0.2, 0.25) is 0 Å². The van der Waals surface area contributed by atoms with Gasteiger partial charge >= 0.3 is 11.9 Å². The predicted molar refractivity (Wildman–Crippen MR) is 75.5 cm³/mol. The Kier molecular flexibility index (Phi) is 5.86. The highest BCUT2D eigenvalue weighted by atomic mass is 32.2. The van der Waals surface area contributed by atoms with Gasteiger partial charge in [0.05, 0.1) is 12.0 Å². The fourth-order valence-corrected chi connectivity index (χ4v) is 2.92. The van der Waals surface area contributed by atoms with Crippen molar-refractivity contribution >= 4 is 29.6 Å². The van der Waals surface area contributed by atoms with Gasteiger partial charge in [-0.25, -0.2) is 4.79 Å². The number of esters is 1. The molecule has 0 aromatic rings. The molecular formula is C13H21NO5S. The number of hydrogen-bond donors (Lipinski definition) is 1. The second-order valence-electron chi connectivity index (χ2n) is 5.30. The smallest absolute Gasteiger partial charge is 0.329 e. The van der Waals surface area contributed by atoms with Crippen molar-refractivity contribution in [1.29, 1.82) is 0 Å². The third kappa shape index (κ3) is 4.13. The van der Waals surface area contributed by atoms with E-state index in [2.05, 4.69) is 0 Å². The largest absolute Gasteiger partial charge is 0.481 e. The fourth-order valence-electron chi connectivity index (χ4n) is 1.89. The molecule has 0 aliphatic carbocycles. The molecule has 6 nitrogen and oxygen atoms in total. The number of carboxylic acids is 1. The van der Waals surface area contributed by atoms with E-state index in [-0.39, 0.29) is 18.9 Å². The van der Waals surface area contributed by atoms with Gasteiger partial charge in [-0.1, -0.05) is 0 Å². The highest BCUT2D eigenvalue weighted by Crippen LogP contribution is 2.25. The van der Waals surface area contributed by atoms with Crippen LogP contribution in [0.15, 0.2) is 0 Å². The normalized spacial score (nSPS) is 19.6. The van der Waals surface area contributed by atoms with Crippen LogP contribution in [0, 0.1) is 5.41 Å². The Balaban J connectivity index is 2.77. The molecule has 7 heteroatoms. The fraction of sp³-hybridized carbons (Fsp3) is 0.769. The van der Waals surface area contributed by atoms with Crippen LogP contribution < -0.4 is 0 Å². The first-order valence-electron chi connectivity index (χ1n) is 6.57. The van der Waals surface area contributed by atoms with Gasteiger partial charge in [-0.15, -0.1) is 0 Å². The molecule has 1 aliphatic heterocycles. The van der Waals surface area contributed by atoms with Gasteiger partial charge in [0.25, 0.3) is 0 Å². The zero-order valence-electron chi connectivity index (χ0n) is 12.0. The Bertz CT molecular complexity index is 396. The van der Waals surface area contributed by atoms with E-state index in [9.17, 15) is 14.4 Å². The van der Waals surface area contributed by atoms with E-state index in [4.69, 9.17) is 9.84 Å². The Morgan fingerprint density at radius 3 is 2.60 bits per heavy atom. The van der Waals surface area contributed by atoms with E-state index in [1.807, 2.05) is 0 Å². The maximum absolute atomic E-state index is 12.3. The molecular weight excluding hydrogens is 282 g/mol. The number of carbonyl (C=O) groups excluding carboxylic acids is 2. The quantitative estimate of drug-likeness (QED) is 0.763. The van der Waals surface area contributed by atoms with Gasteiger partial charge in [0.1, 0.15) is 6.04 Å². The highest BCUT2D eigenvalue weighted by Gasteiger charge is 2.38. The van der Waals surface area contributed by atoms with Crippen molar-refractivity contribution in [3.05, 3.63) is 0 Å². The number of carboxylic acid groups (broad SMARTS) is 1. The molecule has 0 spiro atoms. The minimum absolute atomic E-state index is 0.122. The van der Waals surface area contributed by atoms with Crippen LogP contribution >= 0.6 is 11.8 Å². The molecule has 0 bridgehead atoms. The van der Waals surface area contributed by atoms with E-state index in [1.165, 1.54) is 18.7 Å². The average Bonchev–Trinajstić information content (AvgIpc) is 2.38. The first-order chi connectivity index (χ1) is 9.29. The third-order valence-electron chi connectivity index (χ3n) is 3.18. The van der Waals surface area contributed by atoms with Crippen LogP contribution in [-0.4, -0.2) is 58.6 Å². The molecule has 20 heavy (non-hydrogen) atoms. The molecule has 0 aromatic carbocycles. The standard InChI is InChI=1S/C13H21NO5S/c1-4-19-11(16)9-8-20-6-5-14(9)10(15)7-13(2,3)12(17)18/h9H,4-8H2,1-3H3,(H,17,18). The maximum Gasteiger partial charge on any atom is 0.329 e. The molecule has 1 amide bonds. The van der Waals surface area contributed by atoms with E-state index in [0.29, 0.717) is 12.3 Å². The van der Waals surface area contributed by atoms with Crippen molar-refractivity contribution in [1.82, 2.24) is 4.90 Å². The summed E-state index contributed by atoms with van der Waals surface area (Å²) >= 11 is 1.59. The lowest BCUT2D eigenvalue weighted by Crippen LogP contribution is -2.52. The van der Waals surface area contributed by atoms with E-state index in [1.54, 1.807) is 18.7 Å². The second kappa shape index (κ2) is 6.97. The highest BCUT2D eigenvalue weighted by molar-refractivity contribution is 7.99. The van der Waals surface area contributed by atoms with Crippen LogP contribution in [0.25, 0.3) is 0 Å². The minimum Gasteiger partial charge on any atom is -0.481 e. The Morgan fingerprint density at radius 2 is 2.05 bits per heavy atom. The monoisotopic (exact) mass is 303 g/mol. The Labute approximate surface area is 122 Å². The van der Waals surface area contributed by atoms with Crippen LogP contribution in [0.4, 0.5) is 0 Å². The molecule has 0 radical (unpaired) electrons. The summed E-state index contributed by atoms with van der Waals surface area (Å²) < 4.78 is 4.98. The SMILES string of the molecule is CCOC(=O)C1CSCCN1C(=O)CC(C)(C)C(=O)O. The number of amides is 1.